The molecule has 0 bridgehead atoms. The summed E-state index contributed by atoms with van der Waals surface area (Å²) < 4.78 is 11.3. The SMILES string of the molecule is C=C1CCN(c2ccc(-c3cnc(C)o3)c(OC)c2)CCN1CC(=O)N(CC)Cc1ccncc1. The number of oxazole rings is 1. The van der Waals surface area contributed by atoms with E-state index in [1.807, 2.05) is 43.0 Å². The van der Waals surface area contributed by atoms with Gasteiger partial charge < -0.3 is 23.9 Å². The highest BCUT2D eigenvalue weighted by molar-refractivity contribution is 5.78. The lowest BCUT2D eigenvalue weighted by molar-refractivity contribution is -0.132. The molecule has 0 aliphatic carbocycles. The standard InChI is InChI=1S/C27H33N5O3/c1-5-30(18-22-8-11-28-12-9-22)27(33)19-32-15-14-31(13-10-20(32)2)23-6-7-24(25(16-23)34-4)26-17-29-21(3)35-26/h6-9,11-12,16-17H,2,5,10,13-15,18-19H2,1,3-4H3. The highest BCUT2D eigenvalue weighted by Gasteiger charge is 2.23. The molecule has 3 heterocycles. The minimum absolute atomic E-state index is 0.104. The lowest BCUT2D eigenvalue weighted by atomic mass is 10.1. The second-order valence-corrected chi connectivity index (χ2v) is 8.62. The van der Waals surface area contributed by atoms with Crippen LogP contribution in [0.2, 0.25) is 0 Å². The average molecular weight is 476 g/mol. The van der Waals surface area contributed by atoms with Crippen LogP contribution in [0.3, 0.4) is 0 Å². The molecule has 35 heavy (non-hydrogen) atoms. The highest BCUT2D eigenvalue weighted by Crippen LogP contribution is 2.34. The molecule has 0 unspecified atom stereocenters. The first-order valence-corrected chi connectivity index (χ1v) is 11.9. The second kappa shape index (κ2) is 11.1. The van der Waals surface area contributed by atoms with Crippen molar-refractivity contribution in [1.29, 1.82) is 0 Å². The van der Waals surface area contributed by atoms with Gasteiger partial charge in [-0.1, -0.05) is 6.58 Å². The number of anilines is 1. The number of hydrogen-bond acceptors (Lipinski definition) is 7. The number of aromatic nitrogens is 2. The van der Waals surface area contributed by atoms with Gasteiger partial charge in [0.05, 0.1) is 25.4 Å². The minimum Gasteiger partial charge on any atom is -0.496 e. The normalized spacial score (nSPS) is 14.1. The number of methoxy groups -OCH3 is 1. The number of nitrogens with zero attached hydrogens (tertiary/aromatic N) is 5. The van der Waals surface area contributed by atoms with Crippen molar-refractivity contribution in [3.05, 3.63) is 72.7 Å². The molecule has 0 N–H and O–H groups in total. The molecule has 8 nitrogen and oxygen atoms in total. The summed E-state index contributed by atoms with van der Waals surface area (Å²) in [6, 6.07) is 10.0. The van der Waals surface area contributed by atoms with Crippen LogP contribution >= 0.6 is 0 Å². The Labute approximate surface area is 206 Å². The topological polar surface area (TPSA) is 74.9 Å². The number of likely N-dealkylation sites (N-methyl/N-ethyl adjacent to an activating group) is 1. The van der Waals surface area contributed by atoms with Crippen molar-refractivity contribution in [2.75, 3.05) is 44.7 Å². The summed E-state index contributed by atoms with van der Waals surface area (Å²) in [4.78, 5) is 27.6. The van der Waals surface area contributed by atoms with Gasteiger partial charge in [0.15, 0.2) is 11.7 Å². The van der Waals surface area contributed by atoms with Crippen molar-refractivity contribution in [1.82, 2.24) is 19.8 Å². The van der Waals surface area contributed by atoms with Crippen LogP contribution in [0.4, 0.5) is 5.69 Å². The van der Waals surface area contributed by atoms with Gasteiger partial charge in [-0.2, -0.15) is 0 Å². The van der Waals surface area contributed by atoms with E-state index in [1.54, 1.807) is 25.7 Å². The van der Waals surface area contributed by atoms with Crippen LogP contribution < -0.4 is 9.64 Å². The summed E-state index contributed by atoms with van der Waals surface area (Å²) in [5.74, 6) is 2.15. The van der Waals surface area contributed by atoms with E-state index in [2.05, 4.69) is 32.4 Å². The lowest BCUT2D eigenvalue weighted by Crippen LogP contribution is -2.40. The van der Waals surface area contributed by atoms with E-state index in [0.717, 1.165) is 54.3 Å². The van der Waals surface area contributed by atoms with Gasteiger partial charge in [0.2, 0.25) is 5.91 Å². The predicted octanol–water partition coefficient (Wildman–Crippen LogP) is 4.13. The van der Waals surface area contributed by atoms with Crippen molar-refractivity contribution in [2.45, 2.75) is 26.8 Å². The fourth-order valence-electron chi connectivity index (χ4n) is 4.30. The number of benzene rings is 1. The van der Waals surface area contributed by atoms with Crippen molar-refractivity contribution in [3.8, 4) is 17.1 Å². The molecule has 2 aromatic heterocycles. The third-order valence-electron chi connectivity index (χ3n) is 6.38. The summed E-state index contributed by atoms with van der Waals surface area (Å²) in [5.41, 5.74) is 4.00. The fourth-order valence-corrected chi connectivity index (χ4v) is 4.30. The molecule has 1 saturated heterocycles. The molecule has 1 aliphatic heterocycles. The van der Waals surface area contributed by atoms with Crippen LogP contribution in [0, 0.1) is 6.92 Å². The maximum atomic E-state index is 13.1. The zero-order valence-electron chi connectivity index (χ0n) is 20.7. The van der Waals surface area contributed by atoms with Crippen molar-refractivity contribution < 1.29 is 13.9 Å². The Morgan fingerprint density at radius 1 is 1.20 bits per heavy atom. The Hall–Kier alpha value is -3.81. The molecule has 1 aliphatic rings. The molecular weight excluding hydrogens is 442 g/mol. The molecule has 8 heteroatoms. The Morgan fingerprint density at radius 2 is 2.00 bits per heavy atom. The summed E-state index contributed by atoms with van der Waals surface area (Å²) in [6.07, 6.45) is 6.01. The monoisotopic (exact) mass is 475 g/mol. The van der Waals surface area contributed by atoms with Crippen LogP contribution in [-0.2, 0) is 11.3 Å². The zero-order valence-corrected chi connectivity index (χ0v) is 20.7. The molecule has 3 aromatic rings. The van der Waals surface area contributed by atoms with Crippen LogP contribution in [0.1, 0.15) is 24.8 Å². The zero-order chi connectivity index (χ0) is 24.8. The van der Waals surface area contributed by atoms with E-state index in [1.165, 1.54) is 0 Å². The maximum Gasteiger partial charge on any atom is 0.242 e. The van der Waals surface area contributed by atoms with E-state index in [0.29, 0.717) is 31.3 Å². The molecule has 0 atom stereocenters. The van der Waals surface area contributed by atoms with Crippen LogP contribution in [0.25, 0.3) is 11.3 Å². The Kier molecular flexibility index (Phi) is 7.70. The second-order valence-electron chi connectivity index (χ2n) is 8.62. The Bertz CT molecular complexity index is 1160. The van der Waals surface area contributed by atoms with Gasteiger partial charge >= 0.3 is 0 Å². The summed E-state index contributed by atoms with van der Waals surface area (Å²) in [5, 5.41) is 0. The number of amides is 1. The van der Waals surface area contributed by atoms with Gasteiger partial charge in [0.25, 0.3) is 0 Å². The van der Waals surface area contributed by atoms with Gasteiger partial charge in [0.1, 0.15) is 5.75 Å². The van der Waals surface area contributed by atoms with E-state index in [9.17, 15) is 4.79 Å². The Balaban J connectivity index is 1.42. The van der Waals surface area contributed by atoms with E-state index < -0.39 is 0 Å². The number of aryl methyl sites for hydroxylation is 1. The van der Waals surface area contributed by atoms with Gasteiger partial charge in [-0.25, -0.2) is 4.98 Å². The van der Waals surface area contributed by atoms with Crippen molar-refractivity contribution in [2.24, 2.45) is 0 Å². The molecule has 0 radical (unpaired) electrons. The number of pyridine rings is 1. The number of carbonyl (C=O) groups is 1. The first kappa shape index (κ1) is 24.3. The van der Waals surface area contributed by atoms with Crippen LogP contribution in [0.15, 0.2) is 65.6 Å². The van der Waals surface area contributed by atoms with Crippen LogP contribution in [-0.4, -0.2) is 65.5 Å². The smallest absolute Gasteiger partial charge is 0.242 e. The largest absolute Gasteiger partial charge is 0.496 e. The number of carbonyl (C=O) groups excluding carboxylic acids is 1. The van der Waals surface area contributed by atoms with Crippen molar-refractivity contribution in [3.63, 3.8) is 0 Å². The maximum absolute atomic E-state index is 13.1. The summed E-state index contributed by atoms with van der Waals surface area (Å²) in [7, 11) is 1.66. The third kappa shape index (κ3) is 5.82. The quantitative estimate of drug-likeness (QED) is 0.485. The van der Waals surface area contributed by atoms with E-state index in [4.69, 9.17) is 9.15 Å². The molecule has 1 amide bonds. The molecule has 0 spiro atoms. The molecular formula is C27H33N5O3. The third-order valence-corrected chi connectivity index (χ3v) is 6.38. The highest BCUT2D eigenvalue weighted by atomic mass is 16.5. The van der Waals surface area contributed by atoms with E-state index >= 15 is 0 Å². The Morgan fingerprint density at radius 3 is 2.69 bits per heavy atom. The summed E-state index contributed by atoms with van der Waals surface area (Å²) in [6.45, 7) is 12.0. The molecule has 1 aromatic carbocycles. The van der Waals surface area contributed by atoms with Gasteiger partial charge in [0, 0.05) is 75.9 Å². The lowest BCUT2D eigenvalue weighted by Gasteiger charge is -2.28. The fraction of sp³-hybridized carbons (Fsp3) is 0.370. The first-order chi connectivity index (χ1) is 17.0. The average Bonchev–Trinajstić information content (AvgIpc) is 3.23. The van der Waals surface area contributed by atoms with Crippen molar-refractivity contribution >= 4 is 11.6 Å². The van der Waals surface area contributed by atoms with E-state index in [-0.39, 0.29) is 5.91 Å². The number of hydrogen-bond donors (Lipinski definition) is 0. The van der Waals surface area contributed by atoms with Crippen LogP contribution in [0.5, 0.6) is 5.75 Å². The predicted molar refractivity (Wildman–Crippen MR) is 136 cm³/mol. The molecule has 4 rings (SSSR count). The molecule has 184 valence electrons. The van der Waals surface area contributed by atoms with Gasteiger partial charge in [-0.05, 0) is 36.8 Å². The summed E-state index contributed by atoms with van der Waals surface area (Å²) >= 11 is 0. The number of ether oxygens (including phenoxy) is 1. The molecule has 1 fully saturated rings. The van der Waals surface area contributed by atoms with Gasteiger partial charge in [-0.15, -0.1) is 0 Å². The minimum atomic E-state index is 0.104. The number of rotatable bonds is 8. The van der Waals surface area contributed by atoms with Gasteiger partial charge in [-0.3, -0.25) is 9.78 Å². The first-order valence-electron chi connectivity index (χ1n) is 11.9. The molecule has 0 saturated carbocycles.